The van der Waals surface area contributed by atoms with Crippen LogP contribution in [0.4, 0.5) is 10.1 Å². The second kappa shape index (κ2) is 9.56. The van der Waals surface area contributed by atoms with E-state index in [2.05, 4.69) is 21.9 Å². The molecule has 2 aromatic rings. The van der Waals surface area contributed by atoms with E-state index in [0.717, 1.165) is 24.1 Å². The number of nitrogens with zero attached hydrogens (tertiary/aromatic N) is 1. The largest absolute Gasteiger partial charge is 0.479 e. The Morgan fingerprint density at radius 2 is 1.85 bits per heavy atom. The molecule has 2 aliphatic rings. The van der Waals surface area contributed by atoms with Crippen molar-refractivity contribution >= 4 is 15.7 Å². The minimum Gasteiger partial charge on any atom is -0.479 e. The Balaban J connectivity index is 1.55. The van der Waals surface area contributed by atoms with E-state index < -0.39 is 15.7 Å². The third-order valence-corrected chi connectivity index (χ3v) is 8.18. The molecule has 0 bridgehead atoms. The third-order valence-electron chi connectivity index (χ3n) is 6.80. The van der Waals surface area contributed by atoms with Crippen LogP contribution in [0.2, 0.25) is 0 Å². The number of methoxy groups -OCH3 is 2. The summed E-state index contributed by atoms with van der Waals surface area (Å²) in [6.07, 6.45) is 3.84. The molecule has 4 rings (SSSR count). The molecule has 2 heterocycles. The van der Waals surface area contributed by atoms with Crippen molar-refractivity contribution in [3.63, 3.8) is 0 Å². The van der Waals surface area contributed by atoms with Gasteiger partial charge in [-0.3, -0.25) is 4.72 Å². The SMILES string of the molecule is COc1nc2c(cc1NS(=O)(=O)c1ccc([C@]3(F)CC[C@@H](OC)CC3)cc1)CCC(C)NC2. The normalized spacial score (nSPS) is 25.7. The predicted octanol–water partition coefficient (Wildman–Crippen LogP) is 4.07. The molecule has 1 aromatic heterocycles. The maximum atomic E-state index is 15.5. The van der Waals surface area contributed by atoms with Crippen LogP contribution in [0.25, 0.3) is 0 Å². The van der Waals surface area contributed by atoms with Crippen molar-refractivity contribution in [2.24, 2.45) is 0 Å². The lowest BCUT2D eigenvalue weighted by molar-refractivity contribution is 0.00579. The van der Waals surface area contributed by atoms with E-state index in [-0.39, 0.29) is 16.9 Å². The number of benzene rings is 1. The van der Waals surface area contributed by atoms with E-state index in [4.69, 9.17) is 9.47 Å². The molecular formula is C24H32FN3O4S. The highest BCUT2D eigenvalue weighted by Gasteiger charge is 2.37. The van der Waals surface area contributed by atoms with Gasteiger partial charge in [-0.2, -0.15) is 0 Å². The molecule has 1 atom stereocenters. The summed E-state index contributed by atoms with van der Waals surface area (Å²) < 4.78 is 54.9. The number of rotatable bonds is 6. The van der Waals surface area contributed by atoms with Gasteiger partial charge in [0.25, 0.3) is 10.0 Å². The number of pyridine rings is 1. The van der Waals surface area contributed by atoms with Crippen molar-refractivity contribution in [1.29, 1.82) is 0 Å². The Morgan fingerprint density at radius 1 is 1.15 bits per heavy atom. The van der Waals surface area contributed by atoms with Crippen molar-refractivity contribution in [3.05, 3.63) is 47.2 Å². The lowest BCUT2D eigenvalue weighted by atomic mass is 9.80. The zero-order valence-corrected chi connectivity index (χ0v) is 20.2. The number of fused-ring (bicyclic) bond motifs is 1. The van der Waals surface area contributed by atoms with Gasteiger partial charge in [0.2, 0.25) is 5.88 Å². The minimum absolute atomic E-state index is 0.0627. The number of halogens is 1. The molecular weight excluding hydrogens is 445 g/mol. The fourth-order valence-corrected chi connectivity index (χ4v) is 5.67. The number of ether oxygens (including phenoxy) is 2. The van der Waals surface area contributed by atoms with E-state index >= 15 is 4.39 Å². The molecule has 33 heavy (non-hydrogen) atoms. The fourth-order valence-electron chi connectivity index (χ4n) is 4.63. The molecule has 2 N–H and O–H groups in total. The average molecular weight is 478 g/mol. The number of anilines is 1. The van der Waals surface area contributed by atoms with Crippen LogP contribution in [0.15, 0.2) is 35.2 Å². The van der Waals surface area contributed by atoms with Gasteiger partial charge in [0, 0.05) is 19.7 Å². The number of alkyl halides is 1. The highest BCUT2D eigenvalue weighted by Crippen LogP contribution is 2.41. The number of aromatic nitrogens is 1. The first-order chi connectivity index (χ1) is 15.7. The predicted molar refractivity (Wildman–Crippen MR) is 125 cm³/mol. The molecule has 180 valence electrons. The summed E-state index contributed by atoms with van der Waals surface area (Å²) >= 11 is 0. The van der Waals surface area contributed by atoms with Crippen molar-refractivity contribution in [1.82, 2.24) is 10.3 Å². The zero-order valence-electron chi connectivity index (χ0n) is 19.4. The van der Waals surface area contributed by atoms with Crippen LogP contribution in [0.5, 0.6) is 5.88 Å². The van der Waals surface area contributed by atoms with Gasteiger partial charge >= 0.3 is 0 Å². The van der Waals surface area contributed by atoms with Crippen LogP contribution >= 0.6 is 0 Å². The number of hydrogen-bond donors (Lipinski definition) is 2. The summed E-state index contributed by atoms with van der Waals surface area (Å²) in [5.41, 5.74) is 1.20. The van der Waals surface area contributed by atoms with Gasteiger partial charge in [-0.05, 0) is 74.8 Å². The molecule has 1 aliphatic heterocycles. The van der Waals surface area contributed by atoms with Crippen LogP contribution < -0.4 is 14.8 Å². The highest BCUT2D eigenvalue weighted by atomic mass is 32.2. The smallest absolute Gasteiger partial charge is 0.262 e. The topological polar surface area (TPSA) is 89.5 Å². The lowest BCUT2D eigenvalue weighted by Crippen LogP contribution is -2.30. The van der Waals surface area contributed by atoms with Crippen LogP contribution in [-0.4, -0.2) is 39.8 Å². The van der Waals surface area contributed by atoms with E-state index in [9.17, 15) is 8.42 Å². The van der Waals surface area contributed by atoms with Crippen molar-refractivity contribution in [3.8, 4) is 5.88 Å². The standard InChI is InChI=1S/C24H32FN3O4S/c1-16-4-5-17-14-21(23(32-3)27-22(17)15-26-16)28-33(29,30)20-8-6-18(7-9-20)24(25)12-10-19(31-2)11-13-24/h6-9,14,16,19,26,28H,4-5,10-13,15H2,1-3H3/t16?,19-,24+. The van der Waals surface area contributed by atoms with Gasteiger partial charge in [0.1, 0.15) is 11.4 Å². The quantitative estimate of drug-likeness (QED) is 0.652. The van der Waals surface area contributed by atoms with E-state index in [1.54, 1.807) is 25.3 Å². The minimum atomic E-state index is -3.90. The van der Waals surface area contributed by atoms with Gasteiger partial charge in [0.15, 0.2) is 0 Å². The van der Waals surface area contributed by atoms with E-state index in [0.29, 0.717) is 49.5 Å². The molecule has 0 saturated heterocycles. The maximum Gasteiger partial charge on any atom is 0.262 e. The number of nitrogens with one attached hydrogen (secondary N) is 2. The van der Waals surface area contributed by atoms with E-state index in [1.807, 2.05) is 0 Å². The van der Waals surface area contributed by atoms with Gasteiger partial charge in [-0.1, -0.05) is 12.1 Å². The maximum absolute atomic E-state index is 15.5. The molecule has 1 aliphatic carbocycles. The number of sulfonamides is 1. The molecule has 0 spiro atoms. The molecule has 1 saturated carbocycles. The molecule has 1 unspecified atom stereocenters. The van der Waals surface area contributed by atoms with Crippen LogP contribution in [0.3, 0.4) is 0 Å². The monoisotopic (exact) mass is 477 g/mol. The second-order valence-corrected chi connectivity index (χ2v) is 10.7. The Labute approximate surface area is 195 Å². The average Bonchev–Trinajstić information content (AvgIpc) is 3.00. The van der Waals surface area contributed by atoms with Crippen molar-refractivity contribution in [2.45, 2.75) is 74.7 Å². The number of aryl methyl sites for hydroxylation is 1. The van der Waals surface area contributed by atoms with Gasteiger partial charge in [-0.25, -0.2) is 17.8 Å². The molecule has 9 heteroatoms. The summed E-state index contributed by atoms with van der Waals surface area (Å²) in [6.45, 7) is 2.72. The van der Waals surface area contributed by atoms with Gasteiger partial charge in [-0.15, -0.1) is 0 Å². The number of hydrogen-bond acceptors (Lipinski definition) is 6. The Morgan fingerprint density at radius 3 is 2.48 bits per heavy atom. The summed E-state index contributed by atoms with van der Waals surface area (Å²) in [5, 5.41) is 3.39. The Hall–Kier alpha value is -2.23. The fraction of sp³-hybridized carbons (Fsp3) is 0.542. The zero-order chi connectivity index (χ0) is 23.6. The van der Waals surface area contributed by atoms with Gasteiger partial charge in [0.05, 0.1) is 23.8 Å². The van der Waals surface area contributed by atoms with Crippen LogP contribution in [0, 0.1) is 0 Å². The lowest BCUT2D eigenvalue weighted by Gasteiger charge is -2.33. The van der Waals surface area contributed by atoms with Crippen LogP contribution in [-0.2, 0) is 33.4 Å². The van der Waals surface area contributed by atoms with Crippen LogP contribution in [0.1, 0.15) is 55.8 Å². The summed E-state index contributed by atoms with van der Waals surface area (Å²) in [5.74, 6) is 0.225. The first-order valence-corrected chi connectivity index (χ1v) is 12.9. The Kier molecular flexibility index (Phi) is 6.93. The molecule has 0 amide bonds. The Bertz CT molecular complexity index is 1080. The highest BCUT2D eigenvalue weighted by molar-refractivity contribution is 7.92. The van der Waals surface area contributed by atoms with Crippen molar-refractivity contribution < 1.29 is 22.3 Å². The molecule has 7 nitrogen and oxygen atoms in total. The first kappa shape index (κ1) is 23.9. The molecule has 1 aromatic carbocycles. The summed E-state index contributed by atoms with van der Waals surface area (Å²) in [4.78, 5) is 4.59. The van der Waals surface area contributed by atoms with Gasteiger partial charge < -0.3 is 14.8 Å². The third kappa shape index (κ3) is 5.15. The summed E-state index contributed by atoms with van der Waals surface area (Å²) in [6, 6.07) is 8.21. The van der Waals surface area contributed by atoms with Crippen molar-refractivity contribution in [2.75, 3.05) is 18.9 Å². The molecule has 0 radical (unpaired) electrons. The summed E-state index contributed by atoms with van der Waals surface area (Å²) in [7, 11) is -0.788. The second-order valence-electron chi connectivity index (χ2n) is 9.00. The van der Waals surface area contributed by atoms with E-state index in [1.165, 1.54) is 19.2 Å². The first-order valence-electron chi connectivity index (χ1n) is 11.4. The molecule has 1 fully saturated rings.